The zero-order valence-electron chi connectivity index (χ0n) is 14.1. The summed E-state index contributed by atoms with van der Waals surface area (Å²) in [5.41, 5.74) is 1.98. The Morgan fingerprint density at radius 1 is 1.21 bits per heavy atom. The van der Waals surface area contributed by atoms with Crippen molar-refractivity contribution >= 4 is 11.6 Å². The van der Waals surface area contributed by atoms with Gasteiger partial charge in [-0.05, 0) is 43.5 Å². The molecule has 2 heterocycles. The first-order valence-electron chi connectivity index (χ1n) is 8.55. The Kier molecular flexibility index (Phi) is 5.33. The third-order valence-corrected chi connectivity index (χ3v) is 4.68. The maximum atomic E-state index is 12.5. The maximum Gasteiger partial charge on any atom is 0.247 e. The van der Waals surface area contributed by atoms with Gasteiger partial charge in [0.25, 0.3) is 0 Å². The van der Waals surface area contributed by atoms with E-state index in [-0.39, 0.29) is 18.1 Å². The van der Waals surface area contributed by atoms with E-state index in [4.69, 9.17) is 0 Å². The van der Waals surface area contributed by atoms with Crippen LogP contribution in [0.25, 0.3) is 0 Å². The maximum absolute atomic E-state index is 12.5. The highest BCUT2D eigenvalue weighted by molar-refractivity contribution is 5.94. The molecule has 1 fully saturated rings. The lowest BCUT2D eigenvalue weighted by Crippen LogP contribution is -2.35. The van der Waals surface area contributed by atoms with Crippen LogP contribution >= 0.6 is 0 Å². The number of carbonyl (C=O) groups is 1. The summed E-state index contributed by atoms with van der Waals surface area (Å²) in [5, 5.41) is 12.7. The summed E-state index contributed by atoms with van der Waals surface area (Å²) < 4.78 is 1.89. The van der Waals surface area contributed by atoms with Crippen LogP contribution in [0.2, 0.25) is 0 Å². The summed E-state index contributed by atoms with van der Waals surface area (Å²) in [4.78, 5) is 14.8. The van der Waals surface area contributed by atoms with Crippen LogP contribution in [0, 0.1) is 0 Å². The van der Waals surface area contributed by atoms with Gasteiger partial charge in [-0.2, -0.15) is 0 Å². The van der Waals surface area contributed by atoms with E-state index in [0.29, 0.717) is 0 Å². The normalized spacial score (nSPS) is 17.6. The molecule has 0 aliphatic carbocycles. The number of amides is 1. The number of hydrogen-bond acceptors (Lipinski definition) is 3. The van der Waals surface area contributed by atoms with Crippen molar-refractivity contribution in [3.8, 4) is 0 Å². The average Bonchev–Trinajstić information content (AvgIpc) is 3.12. The standard InChI is InChI=1S/C19H25N3O2/c1-15(22-10-4-5-11-22)19(24)20-18-7-3-2-6-16(18)14-21-12-8-17(23)9-13-21/h2-7,10-11,15,17,23H,8-9,12-14H2,1H3,(H,20,24). The number of nitrogens with zero attached hydrogens (tertiary/aromatic N) is 2. The van der Waals surface area contributed by atoms with Crippen molar-refractivity contribution in [1.82, 2.24) is 9.47 Å². The molecule has 5 heteroatoms. The summed E-state index contributed by atoms with van der Waals surface area (Å²) >= 11 is 0. The zero-order valence-corrected chi connectivity index (χ0v) is 14.1. The topological polar surface area (TPSA) is 57.5 Å². The number of para-hydroxylation sites is 1. The molecule has 24 heavy (non-hydrogen) atoms. The Balaban J connectivity index is 1.66. The van der Waals surface area contributed by atoms with E-state index >= 15 is 0 Å². The molecule has 0 radical (unpaired) electrons. The van der Waals surface area contributed by atoms with Crippen molar-refractivity contribution in [2.75, 3.05) is 18.4 Å². The number of piperidine rings is 1. The minimum Gasteiger partial charge on any atom is -0.393 e. The highest BCUT2D eigenvalue weighted by Gasteiger charge is 2.19. The molecular formula is C19H25N3O2. The first-order valence-corrected chi connectivity index (χ1v) is 8.55. The largest absolute Gasteiger partial charge is 0.393 e. The highest BCUT2D eigenvalue weighted by Crippen LogP contribution is 2.21. The van der Waals surface area contributed by atoms with Gasteiger partial charge in [0.2, 0.25) is 5.91 Å². The van der Waals surface area contributed by atoms with E-state index in [1.165, 1.54) is 0 Å². The van der Waals surface area contributed by atoms with Gasteiger partial charge >= 0.3 is 0 Å². The molecule has 1 aliphatic rings. The summed E-state index contributed by atoms with van der Waals surface area (Å²) in [6, 6.07) is 11.5. The van der Waals surface area contributed by atoms with Crippen molar-refractivity contribution in [2.24, 2.45) is 0 Å². The van der Waals surface area contributed by atoms with Crippen molar-refractivity contribution in [1.29, 1.82) is 0 Å². The van der Waals surface area contributed by atoms with Crippen LogP contribution < -0.4 is 5.32 Å². The molecular weight excluding hydrogens is 302 g/mol. The van der Waals surface area contributed by atoms with Crippen molar-refractivity contribution in [2.45, 2.75) is 38.5 Å². The number of aromatic nitrogens is 1. The lowest BCUT2D eigenvalue weighted by molar-refractivity contribution is -0.118. The number of nitrogens with one attached hydrogen (secondary N) is 1. The molecule has 1 amide bonds. The molecule has 128 valence electrons. The smallest absolute Gasteiger partial charge is 0.247 e. The van der Waals surface area contributed by atoms with Gasteiger partial charge < -0.3 is 15.0 Å². The Morgan fingerprint density at radius 3 is 2.58 bits per heavy atom. The van der Waals surface area contributed by atoms with Gasteiger partial charge in [0.05, 0.1) is 6.10 Å². The van der Waals surface area contributed by atoms with E-state index in [0.717, 1.165) is 43.7 Å². The first kappa shape index (κ1) is 16.7. The van der Waals surface area contributed by atoms with Crippen LogP contribution in [-0.2, 0) is 11.3 Å². The van der Waals surface area contributed by atoms with Crippen LogP contribution in [-0.4, -0.2) is 39.7 Å². The molecule has 3 rings (SSSR count). The molecule has 1 aromatic heterocycles. The van der Waals surface area contributed by atoms with E-state index in [1.54, 1.807) is 0 Å². The predicted molar refractivity (Wildman–Crippen MR) is 94.7 cm³/mol. The van der Waals surface area contributed by atoms with Gasteiger partial charge in [-0.1, -0.05) is 18.2 Å². The summed E-state index contributed by atoms with van der Waals surface area (Å²) in [6.45, 7) is 4.47. The number of hydrogen-bond donors (Lipinski definition) is 2. The van der Waals surface area contributed by atoms with E-state index in [9.17, 15) is 9.90 Å². The second-order valence-corrected chi connectivity index (χ2v) is 6.46. The molecule has 5 nitrogen and oxygen atoms in total. The number of aliphatic hydroxyl groups excluding tert-OH is 1. The molecule has 0 bridgehead atoms. The van der Waals surface area contributed by atoms with E-state index < -0.39 is 0 Å². The van der Waals surface area contributed by atoms with Crippen molar-refractivity contribution in [3.05, 3.63) is 54.4 Å². The minimum atomic E-state index is -0.252. The summed E-state index contributed by atoms with van der Waals surface area (Å²) in [5.74, 6) is -0.0206. The van der Waals surface area contributed by atoms with Crippen LogP contribution in [0.15, 0.2) is 48.8 Å². The molecule has 0 spiro atoms. The fourth-order valence-electron chi connectivity index (χ4n) is 3.08. The van der Waals surface area contributed by atoms with Crippen LogP contribution in [0.5, 0.6) is 0 Å². The van der Waals surface area contributed by atoms with Gasteiger partial charge in [0, 0.05) is 37.7 Å². The number of rotatable bonds is 5. The average molecular weight is 327 g/mol. The molecule has 2 aromatic rings. The number of aliphatic hydroxyl groups is 1. The van der Waals surface area contributed by atoms with Gasteiger partial charge in [0.15, 0.2) is 0 Å². The first-order chi connectivity index (χ1) is 11.6. The van der Waals surface area contributed by atoms with Gasteiger partial charge in [-0.15, -0.1) is 0 Å². The molecule has 0 saturated carbocycles. The number of likely N-dealkylation sites (tertiary alicyclic amines) is 1. The third-order valence-electron chi connectivity index (χ3n) is 4.68. The van der Waals surface area contributed by atoms with Crippen LogP contribution in [0.3, 0.4) is 0 Å². The lowest BCUT2D eigenvalue weighted by Gasteiger charge is -2.30. The fraction of sp³-hybridized carbons (Fsp3) is 0.421. The zero-order chi connectivity index (χ0) is 16.9. The third kappa shape index (κ3) is 4.04. The van der Waals surface area contributed by atoms with E-state index in [2.05, 4.69) is 16.3 Å². The molecule has 1 aliphatic heterocycles. The van der Waals surface area contributed by atoms with Gasteiger partial charge in [-0.25, -0.2) is 0 Å². The quantitative estimate of drug-likeness (QED) is 0.887. The van der Waals surface area contributed by atoms with Crippen molar-refractivity contribution in [3.63, 3.8) is 0 Å². The molecule has 2 N–H and O–H groups in total. The Labute approximate surface area is 142 Å². The van der Waals surface area contributed by atoms with Crippen molar-refractivity contribution < 1.29 is 9.90 Å². The molecule has 1 unspecified atom stereocenters. The predicted octanol–water partition coefficient (Wildman–Crippen LogP) is 2.64. The summed E-state index contributed by atoms with van der Waals surface area (Å²) in [6.07, 6.45) is 5.27. The number of anilines is 1. The van der Waals surface area contributed by atoms with Gasteiger partial charge in [-0.3, -0.25) is 9.69 Å². The SMILES string of the molecule is CC(C(=O)Nc1ccccc1CN1CCC(O)CC1)n1cccc1. The Morgan fingerprint density at radius 2 is 1.88 bits per heavy atom. The molecule has 1 atom stereocenters. The number of benzene rings is 1. The lowest BCUT2D eigenvalue weighted by atomic mass is 10.1. The van der Waals surface area contributed by atoms with Gasteiger partial charge in [0.1, 0.15) is 6.04 Å². The fourth-order valence-corrected chi connectivity index (χ4v) is 3.08. The summed E-state index contributed by atoms with van der Waals surface area (Å²) in [7, 11) is 0. The molecule has 1 aromatic carbocycles. The number of carbonyl (C=O) groups excluding carboxylic acids is 1. The van der Waals surface area contributed by atoms with Crippen LogP contribution in [0.4, 0.5) is 5.69 Å². The minimum absolute atomic E-state index is 0.0206. The molecule has 1 saturated heterocycles. The Hall–Kier alpha value is -2.11. The highest BCUT2D eigenvalue weighted by atomic mass is 16.3. The van der Waals surface area contributed by atoms with E-state index in [1.807, 2.05) is 54.2 Å². The monoisotopic (exact) mass is 327 g/mol. The second-order valence-electron chi connectivity index (χ2n) is 6.46. The van der Waals surface area contributed by atoms with Crippen LogP contribution in [0.1, 0.15) is 31.4 Å². The second kappa shape index (κ2) is 7.64. The Bertz CT molecular complexity index is 661.